The van der Waals surface area contributed by atoms with Gasteiger partial charge < -0.3 is 5.73 Å². The van der Waals surface area contributed by atoms with Gasteiger partial charge in [-0.3, -0.25) is 0 Å². The first-order valence-corrected chi connectivity index (χ1v) is 6.85. The summed E-state index contributed by atoms with van der Waals surface area (Å²) in [7, 11) is 0. The molecule has 2 rings (SSSR count). The van der Waals surface area contributed by atoms with Gasteiger partial charge >= 0.3 is 0 Å². The summed E-state index contributed by atoms with van der Waals surface area (Å²) in [6.45, 7) is 4.39. The Labute approximate surface area is 108 Å². The second kappa shape index (κ2) is 4.19. The van der Waals surface area contributed by atoms with Gasteiger partial charge in [-0.15, -0.1) is 0 Å². The highest BCUT2D eigenvalue weighted by Crippen LogP contribution is 2.44. The number of nitrogens with two attached hydrogens (primary N) is 1. The molecule has 0 saturated carbocycles. The molecule has 0 amide bonds. The molecule has 0 saturated heterocycles. The van der Waals surface area contributed by atoms with Gasteiger partial charge in [-0.2, -0.15) is 0 Å². The second-order valence-corrected chi connectivity index (χ2v) is 6.05. The number of aryl methyl sites for hydroxylation is 1. The molecule has 1 aliphatic carbocycles. The lowest BCUT2D eigenvalue weighted by molar-refractivity contribution is 0.509. The highest BCUT2D eigenvalue weighted by molar-refractivity contribution is 9.11. The standard InChI is InChI=1S/C12H15Br2N/c1-6-3-4-9(15)11-10(6)8(13)5-7(2)12(11)14/h5-6,9H,3-4,15H2,1-2H3/t6?,9-/m1/s1. The predicted molar refractivity (Wildman–Crippen MR) is 71.2 cm³/mol. The van der Waals surface area contributed by atoms with Crippen LogP contribution in [0, 0.1) is 6.92 Å². The first-order valence-electron chi connectivity index (χ1n) is 5.26. The summed E-state index contributed by atoms with van der Waals surface area (Å²) < 4.78 is 2.40. The van der Waals surface area contributed by atoms with Crippen LogP contribution in [-0.4, -0.2) is 0 Å². The van der Waals surface area contributed by atoms with E-state index in [-0.39, 0.29) is 6.04 Å². The largest absolute Gasteiger partial charge is 0.324 e. The van der Waals surface area contributed by atoms with E-state index in [1.807, 2.05) is 0 Å². The minimum absolute atomic E-state index is 0.182. The molecule has 0 aliphatic heterocycles. The van der Waals surface area contributed by atoms with Gasteiger partial charge in [-0.05, 0) is 48.4 Å². The van der Waals surface area contributed by atoms with Gasteiger partial charge in [0, 0.05) is 15.0 Å². The average Bonchev–Trinajstić information content (AvgIpc) is 2.18. The Kier molecular flexibility index (Phi) is 3.25. The number of benzene rings is 1. The molecule has 15 heavy (non-hydrogen) atoms. The third kappa shape index (κ3) is 1.90. The molecule has 2 atom stereocenters. The van der Waals surface area contributed by atoms with E-state index in [9.17, 15) is 0 Å². The quantitative estimate of drug-likeness (QED) is 0.747. The Morgan fingerprint density at radius 1 is 1.27 bits per heavy atom. The number of rotatable bonds is 0. The summed E-state index contributed by atoms with van der Waals surface area (Å²) in [5.74, 6) is 0.603. The molecule has 2 N–H and O–H groups in total. The van der Waals surface area contributed by atoms with E-state index in [0.29, 0.717) is 5.92 Å². The number of hydrogen-bond acceptors (Lipinski definition) is 1. The van der Waals surface area contributed by atoms with Crippen LogP contribution in [0.25, 0.3) is 0 Å². The average molecular weight is 333 g/mol. The zero-order valence-electron chi connectivity index (χ0n) is 8.98. The third-order valence-electron chi connectivity index (χ3n) is 3.25. The highest BCUT2D eigenvalue weighted by Gasteiger charge is 2.27. The fourth-order valence-electron chi connectivity index (χ4n) is 2.37. The fraction of sp³-hybridized carbons (Fsp3) is 0.500. The Morgan fingerprint density at radius 2 is 1.93 bits per heavy atom. The maximum absolute atomic E-state index is 6.20. The fourth-order valence-corrected chi connectivity index (χ4v) is 3.94. The minimum atomic E-state index is 0.182. The van der Waals surface area contributed by atoms with Crippen molar-refractivity contribution in [2.75, 3.05) is 0 Å². The summed E-state index contributed by atoms with van der Waals surface area (Å²) >= 11 is 7.33. The van der Waals surface area contributed by atoms with Crippen LogP contribution in [0.5, 0.6) is 0 Å². The van der Waals surface area contributed by atoms with Gasteiger partial charge in [0.15, 0.2) is 0 Å². The molecule has 0 fully saturated rings. The lowest BCUT2D eigenvalue weighted by Gasteiger charge is -2.30. The summed E-state index contributed by atoms with van der Waals surface area (Å²) in [4.78, 5) is 0. The Balaban J connectivity index is 2.71. The maximum Gasteiger partial charge on any atom is 0.0309 e. The summed E-state index contributed by atoms with van der Waals surface area (Å²) in [6, 6.07) is 2.36. The lowest BCUT2D eigenvalue weighted by Crippen LogP contribution is -2.21. The first kappa shape index (κ1) is 11.6. The molecule has 1 unspecified atom stereocenters. The van der Waals surface area contributed by atoms with Crippen LogP contribution in [0.3, 0.4) is 0 Å². The molecular weight excluding hydrogens is 318 g/mol. The van der Waals surface area contributed by atoms with Crippen molar-refractivity contribution in [3.63, 3.8) is 0 Å². The molecule has 1 aromatic carbocycles. The van der Waals surface area contributed by atoms with Gasteiger partial charge in [-0.25, -0.2) is 0 Å². The van der Waals surface area contributed by atoms with Crippen LogP contribution in [0.2, 0.25) is 0 Å². The van der Waals surface area contributed by atoms with Gasteiger partial charge in [0.05, 0.1) is 0 Å². The number of hydrogen-bond donors (Lipinski definition) is 1. The monoisotopic (exact) mass is 331 g/mol. The molecule has 0 aromatic heterocycles. The van der Waals surface area contributed by atoms with Crippen LogP contribution in [0.4, 0.5) is 0 Å². The second-order valence-electron chi connectivity index (χ2n) is 4.40. The summed E-state index contributed by atoms with van der Waals surface area (Å²) in [5, 5.41) is 0. The van der Waals surface area contributed by atoms with Crippen LogP contribution >= 0.6 is 31.9 Å². The van der Waals surface area contributed by atoms with E-state index < -0.39 is 0 Å². The molecule has 3 heteroatoms. The highest BCUT2D eigenvalue weighted by atomic mass is 79.9. The molecule has 0 radical (unpaired) electrons. The van der Waals surface area contributed by atoms with Crippen molar-refractivity contribution in [1.29, 1.82) is 0 Å². The first-order chi connectivity index (χ1) is 7.02. The van der Waals surface area contributed by atoms with Crippen LogP contribution in [0.1, 0.15) is 48.4 Å². The van der Waals surface area contributed by atoms with E-state index >= 15 is 0 Å². The normalized spacial score (nSPS) is 25.1. The van der Waals surface area contributed by atoms with E-state index in [1.165, 1.54) is 32.1 Å². The van der Waals surface area contributed by atoms with Gasteiger partial charge in [0.25, 0.3) is 0 Å². The number of fused-ring (bicyclic) bond motifs is 1. The molecule has 0 bridgehead atoms. The molecule has 1 aliphatic rings. The third-order valence-corrected chi connectivity index (χ3v) is 4.96. The van der Waals surface area contributed by atoms with E-state index in [2.05, 4.69) is 51.8 Å². The van der Waals surface area contributed by atoms with Gasteiger partial charge in [0.2, 0.25) is 0 Å². The van der Waals surface area contributed by atoms with Crippen molar-refractivity contribution in [1.82, 2.24) is 0 Å². The van der Waals surface area contributed by atoms with Crippen LogP contribution < -0.4 is 5.73 Å². The molecule has 0 spiro atoms. The van der Waals surface area contributed by atoms with E-state index in [1.54, 1.807) is 0 Å². The smallest absolute Gasteiger partial charge is 0.0309 e. The molecule has 1 aromatic rings. The molecule has 1 nitrogen and oxygen atoms in total. The van der Waals surface area contributed by atoms with E-state index in [0.717, 1.165) is 6.42 Å². The van der Waals surface area contributed by atoms with Gasteiger partial charge in [-0.1, -0.05) is 38.8 Å². The van der Waals surface area contributed by atoms with Crippen molar-refractivity contribution in [3.8, 4) is 0 Å². The summed E-state index contributed by atoms with van der Waals surface area (Å²) in [6.07, 6.45) is 2.27. The zero-order valence-corrected chi connectivity index (χ0v) is 12.2. The topological polar surface area (TPSA) is 26.0 Å². The maximum atomic E-state index is 6.20. The molecule has 82 valence electrons. The molecule has 0 heterocycles. The zero-order chi connectivity index (χ0) is 11.2. The Bertz CT molecular complexity index is 401. The van der Waals surface area contributed by atoms with Crippen molar-refractivity contribution >= 4 is 31.9 Å². The number of halogens is 2. The van der Waals surface area contributed by atoms with E-state index in [4.69, 9.17) is 5.73 Å². The Hall–Kier alpha value is 0.140. The van der Waals surface area contributed by atoms with Crippen molar-refractivity contribution in [2.24, 2.45) is 5.73 Å². The molecular formula is C12H15Br2N. The van der Waals surface area contributed by atoms with Crippen LogP contribution in [0.15, 0.2) is 15.0 Å². The lowest BCUT2D eigenvalue weighted by atomic mass is 9.81. The van der Waals surface area contributed by atoms with Crippen molar-refractivity contribution < 1.29 is 0 Å². The van der Waals surface area contributed by atoms with Gasteiger partial charge in [0.1, 0.15) is 0 Å². The Morgan fingerprint density at radius 3 is 2.60 bits per heavy atom. The van der Waals surface area contributed by atoms with Crippen molar-refractivity contribution in [2.45, 2.75) is 38.6 Å². The summed E-state index contributed by atoms with van der Waals surface area (Å²) in [5.41, 5.74) is 10.2. The van der Waals surface area contributed by atoms with Crippen LogP contribution in [-0.2, 0) is 0 Å². The van der Waals surface area contributed by atoms with Crippen molar-refractivity contribution in [3.05, 3.63) is 31.7 Å². The SMILES string of the molecule is Cc1cc(Br)c2c(c1Br)[C@H](N)CCC2C. The minimum Gasteiger partial charge on any atom is -0.324 e. The predicted octanol–water partition coefficient (Wildman–Crippen LogP) is 4.42.